The number of H-pyrrole nitrogens is 1. The molecule has 0 bridgehead atoms. The van der Waals surface area contributed by atoms with Gasteiger partial charge in [-0.15, -0.1) is 0 Å². The van der Waals surface area contributed by atoms with Crippen LogP contribution in [0.15, 0.2) is 41.2 Å². The van der Waals surface area contributed by atoms with Crippen molar-refractivity contribution >= 4 is 27.5 Å². The summed E-state index contributed by atoms with van der Waals surface area (Å²) in [5.41, 5.74) is 0.146. The first kappa shape index (κ1) is 11.2. The van der Waals surface area contributed by atoms with Gasteiger partial charge in [0.25, 0.3) is 5.69 Å². The van der Waals surface area contributed by atoms with Gasteiger partial charge in [0.2, 0.25) is 0 Å². The normalized spacial score (nSPS) is 10.9. The Morgan fingerprint density at radius 3 is 2.68 bits per heavy atom. The second-order valence-electron chi connectivity index (χ2n) is 4.14. The summed E-state index contributed by atoms with van der Waals surface area (Å²) in [6.45, 7) is 0. The van der Waals surface area contributed by atoms with Crippen molar-refractivity contribution in [3.05, 3.63) is 56.7 Å². The summed E-state index contributed by atoms with van der Waals surface area (Å²) in [6, 6.07) is 8.59. The van der Waals surface area contributed by atoms with Gasteiger partial charge in [0.15, 0.2) is 5.43 Å². The van der Waals surface area contributed by atoms with Crippen LogP contribution in [-0.2, 0) is 0 Å². The van der Waals surface area contributed by atoms with Crippen molar-refractivity contribution in [3.63, 3.8) is 0 Å². The molecule has 1 aromatic heterocycles. The third-order valence-electron chi connectivity index (χ3n) is 2.99. The highest BCUT2D eigenvalue weighted by molar-refractivity contribution is 5.96. The molecule has 0 spiro atoms. The van der Waals surface area contributed by atoms with Crippen LogP contribution in [0.1, 0.15) is 0 Å². The molecule has 0 aliphatic heterocycles. The Morgan fingerprint density at radius 1 is 1.16 bits per heavy atom. The lowest BCUT2D eigenvalue weighted by Crippen LogP contribution is -2.05. The van der Waals surface area contributed by atoms with Crippen LogP contribution in [0, 0.1) is 10.1 Å². The van der Waals surface area contributed by atoms with Gasteiger partial charge in [0.05, 0.1) is 15.8 Å². The lowest BCUT2D eigenvalue weighted by molar-refractivity contribution is -0.383. The Bertz CT molecular complexity index is 883. The molecule has 94 valence electrons. The quantitative estimate of drug-likeness (QED) is 0.396. The first-order valence-corrected chi connectivity index (χ1v) is 5.50. The fourth-order valence-corrected chi connectivity index (χ4v) is 2.12. The zero-order valence-electron chi connectivity index (χ0n) is 9.58. The highest BCUT2D eigenvalue weighted by Crippen LogP contribution is 2.24. The molecule has 0 saturated carbocycles. The maximum Gasteiger partial charge on any atom is 0.293 e. The average molecular weight is 256 g/mol. The van der Waals surface area contributed by atoms with E-state index in [-0.39, 0.29) is 27.8 Å². The van der Waals surface area contributed by atoms with Gasteiger partial charge in [0.1, 0.15) is 11.3 Å². The van der Waals surface area contributed by atoms with Gasteiger partial charge in [-0.2, -0.15) is 0 Å². The van der Waals surface area contributed by atoms with E-state index >= 15 is 0 Å². The molecule has 0 aliphatic carbocycles. The number of nitrogens with zero attached hydrogens (tertiary/aromatic N) is 1. The molecular weight excluding hydrogens is 248 g/mol. The van der Waals surface area contributed by atoms with Gasteiger partial charge in [-0.3, -0.25) is 14.9 Å². The number of nitrogens with one attached hydrogen (secondary N) is 1. The molecule has 6 heteroatoms. The van der Waals surface area contributed by atoms with Gasteiger partial charge in [-0.25, -0.2) is 0 Å². The molecule has 2 N–H and O–H groups in total. The number of para-hydroxylation sites is 1. The van der Waals surface area contributed by atoms with Crippen LogP contribution in [0.2, 0.25) is 0 Å². The van der Waals surface area contributed by atoms with E-state index in [1.165, 1.54) is 36.4 Å². The van der Waals surface area contributed by atoms with Crippen LogP contribution in [-0.4, -0.2) is 15.0 Å². The van der Waals surface area contributed by atoms with Crippen LogP contribution in [0.5, 0.6) is 5.75 Å². The summed E-state index contributed by atoms with van der Waals surface area (Å²) in [5.74, 6) is -0.0252. The van der Waals surface area contributed by atoms with Crippen molar-refractivity contribution < 1.29 is 10.0 Å². The number of aromatic nitrogens is 1. The summed E-state index contributed by atoms with van der Waals surface area (Å²) < 4.78 is 0. The molecule has 3 aromatic rings. The minimum Gasteiger partial charge on any atom is -0.508 e. The number of phenols is 1. The Morgan fingerprint density at radius 2 is 1.95 bits per heavy atom. The maximum absolute atomic E-state index is 12.3. The van der Waals surface area contributed by atoms with Gasteiger partial charge in [-0.05, 0) is 24.3 Å². The Labute approximate surface area is 106 Å². The number of aromatic hydroxyl groups is 1. The van der Waals surface area contributed by atoms with E-state index in [1.54, 1.807) is 0 Å². The summed E-state index contributed by atoms with van der Waals surface area (Å²) >= 11 is 0. The molecule has 1 heterocycles. The predicted octanol–water partition coefficient (Wildman–Crippen LogP) is 2.30. The maximum atomic E-state index is 12.3. The van der Waals surface area contributed by atoms with E-state index in [0.29, 0.717) is 10.9 Å². The first-order chi connectivity index (χ1) is 9.08. The lowest BCUT2D eigenvalue weighted by atomic mass is 10.1. The minimum atomic E-state index is -0.537. The van der Waals surface area contributed by atoms with Gasteiger partial charge in [-0.1, -0.05) is 6.07 Å². The van der Waals surface area contributed by atoms with E-state index in [0.717, 1.165) is 0 Å². The first-order valence-electron chi connectivity index (χ1n) is 5.50. The zero-order chi connectivity index (χ0) is 13.6. The molecule has 0 saturated heterocycles. The third kappa shape index (κ3) is 1.61. The lowest BCUT2D eigenvalue weighted by Gasteiger charge is -2.03. The number of nitro groups is 1. The van der Waals surface area contributed by atoms with Crippen LogP contribution in [0.3, 0.4) is 0 Å². The SMILES string of the molecule is O=c1c2cc(O)ccc2[nH]c2c([N+](=O)[O-])cccc12. The molecule has 0 fully saturated rings. The highest BCUT2D eigenvalue weighted by Gasteiger charge is 2.15. The summed E-state index contributed by atoms with van der Waals surface area (Å²) in [7, 11) is 0. The molecule has 3 rings (SSSR count). The molecule has 0 aliphatic rings. The molecule has 0 unspecified atom stereocenters. The van der Waals surface area contributed by atoms with Gasteiger partial charge in [0, 0.05) is 11.5 Å². The average Bonchev–Trinajstić information content (AvgIpc) is 2.39. The highest BCUT2D eigenvalue weighted by atomic mass is 16.6. The molecule has 2 aromatic carbocycles. The Kier molecular flexibility index (Phi) is 2.25. The molecule has 19 heavy (non-hydrogen) atoms. The van der Waals surface area contributed by atoms with Crippen LogP contribution in [0.4, 0.5) is 5.69 Å². The largest absolute Gasteiger partial charge is 0.508 e. The van der Waals surface area contributed by atoms with Gasteiger partial charge >= 0.3 is 0 Å². The molecule has 6 nitrogen and oxygen atoms in total. The van der Waals surface area contributed by atoms with Crippen LogP contribution >= 0.6 is 0 Å². The number of hydrogen-bond donors (Lipinski definition) is 2. The fourth-order valence-electron chi connectivity index (χ4n) is 2.12. The van der Waals surface area contributed by atoms with E-state index in [4.69, 9.17) is 0 Å². The number of hydrogen-bond acceptors (Lipinski definition) is 4. The van der Waals surface area contributed by atoms with Crippen molar-refractivity contribution in [2.24, 2.45) is 0 Å². The van der Waals surface area contributed by atoms with Crippen LogP contribution in [0.25, 0.3) is 21.8 Å². The summed E-state index contributed by atoms with van der Waals surface area (Å²) in [6.07, 6.45) is 0. The Balaban J connectivity index is 2.57. The van der Waals surface area contributed by atoms with Crippen molar-refractivity contribution in [2.45, 2.75) is 0 Å². The second-order valence-corrected chi connectivity index (χ2v) is 4.14. The third-order valence-corrected chi connectivity index (χ3v) is 2.99. The van der Waals surface area contributed by atoms with Crippen molar-refractivity contribution in [1.82, 2.24) is 4.98 Å². The number of rotatable bonds is 1. The number of benzene rings is 2. The monoisotopic (exact) mass is 256 g/mol. The van der Waals surface area contributed by atoms with E-state index in [1.807, 2.05) is 0 Å². The summed E-state index contributed by atoms with van der Waals surface area (Å²) in [5, 5.41) is 20.9. The number of aromatic amines is 1. The van der Waals surface area contributed by atoms with E-state index in [9.17, 15) is 20.0 Å². The number of phenolic OH excluding ortho intramolecular Hbond substituents is 1. The molecular formula is C13H8N2O4. The van der Waals surface area contributed by atoms with Gasteiger partial charge < -0.3 is 10.1 Å². The zero-order valence-corrected chi connectivity index (χ0v) is 9.58. The predicted molar refractivity (Wildman–Crippen MR) is 70.4 cm³/mol. The van der Waals surface area contributed by atoms with Crippen LogP contribution < -0.4 is 5.43 Å². The number of pyridine rings is 1. The summed E-state index contributed by atoms with van der Waals surface area (Å²) in [4.78, 5) is 25.6. The molecule has 0 atom stereocenters. The standard InChI is InChI=1S/C13H8N2O4/c16-7-4-5-10-9(6-7)13(17)8-2-1-3-11(15(18)19)12(8)14-10/h1-6,16H,(H,14,17). The van der Waals surface area contributed by atoms with Crippen molar-refractivity contribution in [2.75, 3.05) is 0 Å². The second kappa shape index (κ2) is 3.81. The molecule has 0 amide bonds. The van der Waals surface area contributed by atoms with E-state index < -0.39 is 4.92 Å². The number of fused-ring (bicyclic) bond motifs is 2. The smallest absolute Gasteiger partial charge is 0.293 e. The Hall–Kier alpha value is -2.89. The fraction of sp³-hybridized carbons (Fsp3) is 0. The molecule has 0 radical (unpaired) electrons. The topological polar surface area (TPSA) is 96.2 Å². The number of non-ortho nitro benzene ring substituents is 1. The van der Waals surface area contributed by atoms with Crippen molar-refractivity contribution in [3.8, 4) is 5.75 Å². The number of nitro benzene ring substituents is 1. The van der Waals surface area contributed by atoms with Crippen molar-refractivity contribution in [1.29, 1.82) is 0 Å². The minimum absolute atomic E-state index is 0.0252. The van der Waals surface area contributed by atoms with E-state index in [2.05, 4.69) is 4.98 Å².